The number of benzene rings is 3. The van der Waals surface area contributed by atoms with Gasteiger partial charge in [-0.1, -0.05) is 43.5 Å². The largest absolute Gasteiger partial charge is 0.524 e. The van der Waals surface area contributed by atoms with Crippen LogP contribution in [0.4, 0.5) is 43.9 Å². The van der Waals surface area contributed by atoms with Gasteiger partial charge in [-0.15, -0.1) is 0 Å². The summed E-state index contributed by atoms with van der Waals surface area (Å²) in [5.41, 5.74) is -9.36. The molecule has 0 radical (unpaired) electrons. The first kappa shape index (κ1) is 71.7. The second-order valence-electron chi connectivity index (χ2n) is 23.5. The molecular weight excluding hydrogens is 1360 g/mol. The number of nitrogens with zero attached hydrogens (tertiary/aromatic N) is 6. The molecule has 0 unspecified atom stereocenters. The van der Waals surface area contributed by atoms with Crippen molar-refractivity contribution < 1.29 is 114 Å². The van der Waals surface area contributed by atoms with Gasteiger partial charge < -0.3 is 25.4 Å². The molecule has 37 heteroatoms. The summed E-state index contributed by atoms with van der Waals surface area (Å²) in [5.74, 6) is -12.1. The number of thiol groups is 1. The third-order valence-corrected chi connectivity index (χ3v) is 18.8. The number of aliphatic carboxylic acids is 2. The van der Waals surface area contributed by atoms with E-state index in [2.05, 4.69) is 32.3 Å². The normalized spacial score (nSPS) is 16.2. The van der Waals surface area contributed by atoms with Gasteiger partial charge in [-0.3, -0.25) is 38.3 Å². The number of carbonyl (C=O) groups is 5. The van der Waals surface area contributed by atoms with Crippen molar-refractivity contribution in [2.75, 3.05) is 6.26 Å². The number of aromatic nitrogens is 5. The standard InChI is InChI=1S/C57H54ClF10N8O15PS2/c1-26-13-28(18-41(77)71-38(52(82)83)21-44(80)81)47(40(14-26)91-92(84,85)86)53(2,3)22-43(79)76(93(87)88)23-39-46-36(58)10-9-33(49(46)75(72-39)25-55(61,62)63)32-8-7-31(11-12-54(4,5)94(6,89)90)69-48(32)37(17-27-15-29(59)19-30(60)16-27)70-42(78)24-74-51-45(50(73-74)57(66,67)68)34-20-35(34)56(51,64)65/h7-10,13-16,19,34-35,37-38,93H,17-18,20-25H2,1-6H3,(H,70,78)(H,71,77)(H,80,81)(H,82,83)(H2,84,85,86)/t34-,35+,37-,38-/m0/s1. The lowest BCUT2D eigenvalue weighted by Crippen LogP contribution is -2.43. The second-order valence-corrected chi connectivity index (χ2v) is 28.6. The van der Waals surface area contributed by atoms with E-state index >= 15 is 17.6 Å². The number of hydrogen-bond acceptors (Lipinski definition) is 14. The van der Waals surface area contributed by atoms with E-state index < -0.39 is 223 Å². The number of fused-ring (bicyclic) bond motifs is 4. The van der Waals surface area contributed by atoms with Gasteiger partial charge in [0, 0.05) is 57.7 Å². The van der Waals surface area contributed by atoms with Crippen molar-refractivity contribution in [3.63, 3.8) is 0 Å². The number of phosphoric ester groups is 1. The predicted octanol–water partition coefficient (Wildman–Crippen LogP) is 7.88. The number of rotatable bonds is 23. The van der Waals surface area contributed by atoms with Crippen LogP contribution in [0.25, 0.3) is 22.0 Å². The lowest BCUT2D eigenvalue weighted by molar-refractivity contribution is -0.147. The second kappa shape index (κ2) is 25.9. The molecule has 8 rings (SSSR count). The highest BCUT2D eigenvalue weighted by molar-refractivity contribution is 7.92. The number of pyridine rings is 1. The number of phosphoric acid groups is 1. The maximum Gasteiger partial charge on any atom is 0.524 e. The molecule has 0 aliphatic heterocycles. The number of alkyl halides is 8. The molecule has 6 aromatic rings. The summed E-state index contributed by atoms with van der Waals surface area (Å²) in [5, 5.41) is 29.7. The van der Waals surface area contributed by atoms with E-state index in [1.807, 2.05) is 5.32 Å². The minimum atomic E-state index is -5.54. The van der Waals surface area contributed by atoms with Crippen molar-refractivity contribution in [1.82, 2.24) is 39.5 Å². The van der Waals surface area contributed by atoms with Crippen LogP contribution in [0.3, 0.4) is 0 Å². The number of aryl methyl sites for hydroxylation is 1. The average Bonchev–Trinajstić information content (AvgIpc) is 1.52. The van der Waals surface area contributed by atoms with Gasteiger partial charge in [0.2, 0.25) is 28.6 Å². The Kier molecular flexibility index (Phi) is 19.7. The van der Waals surface area contributed by atoms with E-state index in [0.717, 1.165) is 48.7 Å². The molecule has 3 heterocycles. The Morgan fingerprint density at radius 3 is 2.13 bits per heavy atom. The molecular formula is C57H54ClF10N8O15PS2. The quantitative estimate of drug-likeness (QED) is 0.0139. The SMILES string of the molecule is Cc1cc(CC(=O)N[C@@H](CC(=O)O)C(=O)O)c(C(C)(C)CC(=O)N(Cc2nn(CC(F)(F)F)c3c(-c4ccc(C#CC(C)(C)S(C)(=O)=O)nc4[C@H](Cc4cc(F)cc(F)c4)NC(=O)Cn4nc(C(F)(F)F)c5c4C(F)(F)[C@@H]4C[C@H]54)ccc(Cl)c23)[SH](=O)=O)c(OP(=O)(O)O)c1. The molecule has 1 saturated carbocycles. The Morgan fingerprint density at radius 2 is 1.55 bits per heavy atom. The first-order valence-electron chi connectivity index (χ1n) is 27.5. The van der Waals surface area contributed by atoms with Crippen LogP contribution in [0.2, 0.25) is 5.02 Å². The van der Waals surface area contributed by atoms with Gasteiger partial charge in [0.15, 0.2) is 15.5 Å². The summed E-state index contributed by atoms with van der Waals surface area (Å²) in [6.07, 6.45) is -13.8. The summed E-state index contributed by atoms with van der Waals surface area (Å²) in [7, 11) is -13.7. The van der Waals surface area contributed by atoms with Crippen molar-refractivity contribution >= 4 is 80.7 Å². The predicted molar refractivity (Wildman–Crippen MR) is 311 cm³/mol. The molecule has 2 aliphatic rings. The molecule has 6 N–H and O–H groups in total. The number of sulfone groups is 1. The fraction of sp³-hybridized carbons (Fsp3) is 0.404. The van der Waals surface area contributed by atoms with E-state index in [9.17, 15) is 91.7 Å². The summed E-state index contributed by atoms with van der Waals surface area (Å²) < 4.78 is 218. The molecule has 23 nitrogen and oxygen atoms in total. The van der Waals surface area contributed by atoms with Crippen molar-refractivity contribution in [3.8, 4) is 28.7 Å². The van der Waals surface area contributed by atoms with Crippen LogP contribution >= 0.6 is 19.4 Å². The number of carbonyl (C=O) groups excluding carboxylic acids is 3. The van der Waals surface area contributed by atoms with Crippen molar-refractivity contribution in [3.05, 3.63) is 128 Å². The van der Waals surface area contributed by atoms with E-state index in [1.54, 1.807) is 0 Å². The van der Waals surface area contributed by atoms with Gasteiger partial charge in [-0.2, -0.15) is 45.3 Å². The number of amides is 3. The Hall–Kier alpha value is -8.16. The molecule has 94 heavy (non-hydrogen) atoms. The maximum absolute atomic E-state index is 15.8. The molecule has 1 fully saturated rings. The zero-order valence-corrected chi connectivity index (χ0v) is 52.9. The first-order valence-corrected chi connectivity index (χ1v) is 32.5. The van der Waals surface area contributed by atoms with Crippen LogP contribution in [-0.2, 0) is 99.3 Å². The fourth-order valence-electron chi connectivity index (χ4n) is 11.1. The number of halogens is 11. The third-order valence-electron chi connectivity index (χ3n) is 15.4. The molecule has 3 aromatic carbocycles. The highest BCUT2D eigenvalue weighted by Crippen LogP contribution is 2.68. The highest BCUT2D eigenvalue weighted by atomic mass is 35.5. The van der Waals surface area contributed by atoms with E-state index in [1.165, 1.54) is 40.7 Å². The van der Waals surface area contributed by atoms with Crippen molar-refractivity contribution in [2.24, 2.45) is 5.92 Å². The van der Waals surface area contributed by atoms with E-state index in [-0.39, 0.29) is 53.6 Å². The molecule has 0 saturated heterocycles. The molecule has 3 amide bonds. The highest BCUT2D eigenvalue weighted by Gasteiger charge is 2.68. The third kappa shape index (κ3) is 16.0. The smallest absolute Gasteiger partial charge is 0.481 e. The number of hydrogen-bond donors (Lipinski definition) is 7. The minimum Gasteiger partial charge on any atom is -0.481 e. The van der Waals surface area contributed by atoms with Crippen molar-refractivity contribution in [1.29, 1.82) is 0 Å². The van der Waals surface area contributed by atoms with Gasteiger partial charge in [0.05, 0.1) is 47.4 Å². The summed E-state index contributed by atoms with van der Waals surface area (Å²) >= 11 is 6.78. The fourth-order valence-corrected chi connectivity index (χ4v) is 12.5. The zero-order valence-electron chi connectivity index (χ0n) is 49.6. The molecule has 3 aromatic heterocycles. The zero-order chi connectivity index (χ0) is 70.1. The maximum atomic E-state index is 15.8. The Bertz CT molecular complexity index is 4420. The monoisotopic (exact) mass is 1410 g/mol. The summed E-state index contributed by atoms with van der Waals surface area (Å²) in [6, 6.07) is 4.76. The van der Waals surface area contributed by atoms with Crippen LogP contribution < -0.4 is 15.2 Å². The Labute approximate surface area is 533 Å². The molecule has 0 bridgehead atoms. The van der Waals surface area contributed by atoms with Crippen LogP contribution in [0.1, 0.15) is 115 Å². The average molecular weight is 1410 g/mol. The topological polar surface area (TPSA) is 337 Å². The summed E-state index contributed by atoms with van der Waals surface area (Å²) in [6.45, 7) is 1.53. The van der Waals surface area contributed by atoms with Crippen LogP contribution in [0.15, 0.2) is 54.6 Å². The van der Waals surface area contributed by atoms with E-state index in [0.29, 0.717) is 6.07 Å². The van der Waals surface area contributed by atoms with Crippen LogP contribution in [0.5, 0.6) is 5.75 Å². The molecule has 506 valence electrons. The molecule has 0 spiro atoms. The first-order chi connectivity index (χ1) is 43.2. The van der Waals surface area contributed by atoms with Gasteiger partial charge in [0.1, 0.15) is 52.7 Å². The minimum absolute atomic E-state index is 0.0982. The Morgan fingerprint density at radius 1 is 0.915 bits per heavy atom. The number of nitrogens with one attached hydrogen (secondary N) is 2. The lowest BCUT2D eigenvalue weighted by atomic mass is 9.77. The number of carboxylic acid groups (broad SMARTS) is 2. The van der Waals surface area contributed by atoms with Gasteiger partial charge in [0.25, 0.3) is 5.92 Å². The van der Waals surface area contributed by atoms with Gasteiger partial charge in [-0.05, 0) is 98.5 Å². The molecule has 2 aliphatic carbocycles. The lowest BCUT2D eigenvalue weighted by Gasteiger charge is -2.31. The van der Waals surface area contributed by atoms with E-state index in [4.69, 9.17) is 16.1 Å². The van der Waals surface area contributed by atoms with Gasteiger partial charge in [-0.25, -0.2) is 44.3 Å². The molecule has 4 atom stereocenters. The van der Waals surface area contributed by atoms with Crippen LogP contribution in [0, 0.1) is 36.3 Å². The van der Waals surface area contributed by atoms with Crippen molar-refractivity contribution in [2.45, 2.75) is 133 Å². The summed E-state index contributed by atoms with van der Waals surface area (Å²) in [4.78, 5) is 90.0. The van der Waals surface area contributed by atoms with Gasteiger partial charge >= 0.3 is 32.1 Å². The number of carboxylic acids is 2. The Balaban J connectivity index is 1.28. The van der Waals surface area contributed by atoms with Crippen LogP contribution in [-0.4, -0.2) is 119 Å².